The summed E-state index contributed by atoms with van der Waals surface area (Å²) in [6.07, 6.45) is 16.6. The van der Waals surface area contributed by atoms with Crippen LogP contribution >= 0.6 is 0 Å². The average molecular weight is 271 g/mol. The van der Waals surface area contributed by atoms with Gasteiger partial charge in [0.05, 0.1) is 0 Å². The Hall–Kier alpha value is -2.01. The van der Waals surface area contributed by atoms with Crippen molar-refractivity contribution in [1.29, 1.82) is 0 Å². The van der Waals surface area contributed by atoms with Gasteiger partial charge in [-0.2, -0.15) is 0 Å². The van der Waals surface area contributed by atoms with E-state index in [0.29, 0.717) is 12.5 Å². The monoisotopic (exact) mass is 271 g/mol. The van der Waals surface area contributed by atoms with Gasteiger partial charge in [-0.3, -0.25) is 4.79 Å². The number of hydrogen-bond donors (Lipinski definition) is 1. The number of carbonyl (C=O) groups is 1. The first-order valence-corrected chi connectivity index (χ1v) is 7.04. The van der Waals surface area contributed by atoms with Crippen molar-refractivity contribution in [2.24, 2.45) is 5.92 Å². The van der Waals surface area contributed by atoms with Crippen LogP contribution in [-0.4, -0.2) is 12.5 Å². The first-order chi connectivity index (χ1) is 9.66. The second-order valence-corrected chi connectivity index (χ2v) is 4.67. The van der Waals surface area contributed by atoms with E-state index >= 15 is 0 Å². The van der Waals surface area contributed by atoms with E-state index < -0.39 is 0 Å². The summed E-state index contributed by atoms with van der Waals surface area (Å²) in [7, 11) is 0. The van der Waals surface area contributed by atoms with E-state index in [-0.39, 0.29) is 5.91 Å². The minimum Gasteiger partial charge on any atom is -0.352 e. The van der Waals surface area contributed by atoms with Crippen molar-refractivity contribution in [3.63, 3.8) is 0 Å². The van der Waals surface area contributed by atoms with Gasteiger partial charge in [0.15, 0.2) is 0 Å². The fourth-order valence-corrected chi connectivity index (χ4v) is 1.18. The molecule has 0 spiro atoms. The fourth-order valence-electron chi connectivity index (χ4n) is 1.18. The van der Waals surface area contributed by atoms with Gasteiger partial charge in [-0.05, 0) is 25.3 Å². The van der Waals surface area contributed by atoms with E-state index in [9.17, 15) is 4.79 Å². The van der Waals surface area contributed by atoms with Crippen LogP contribution < -0.4 is 5.32 Å². The maximum Gasteiger partial charge on any atom is 0.243 e. The number of rotatable bonds is 7. The highest BCUT2D eigenvalue weighted by atomic mass is 16.1. The average Bonchev–Trinajstić information content (AvgIpc) is 2.42. The summed E-state index contributed by atoms with van der Waals surface area (Å²) in [6.45, 7) is 6.82. The lowest BCUT2D eigenvalue weighted by Gasteiger charge is -2.03. The zero-order valence-corrected chi connectivity index (χ0v) is 12.7. The summed E-state index contributed by atoms with van der Waals surface area (Å²) in [5, 5.41) is 2.82. The summed E-state index contributed by atoms with van der Waals surface area (Å²) < 4.78 is 0. The van der Waals surface area contributed by atoms with E-state index in [2.05, 4.69) is 31.0 Å². The van der Waals surface area contributed by atoms with E-state index in [1.54, 1.807) is 12.2 Å². The predicted molar refractivity (Wildman–Crippen MR) is 87.1 cm³/mol. The standard InChI is InChI=1S/C18H25NO/c1-4-5-6-7-8-9-10-11-12-13-14-15-18(20)19-16-17(2)3/h4-7,12-15,17H,10-11,16H2,1-3H3,(H,19,20)/b5-4-,7-6+,13-12+,15-14+. The summed E-state index contributed by atoms with van der Waals surface area (Å²) in [4.78, 5) is 11.3. The number of unbranched alkanes of at least 4 members (excludes halogenated alkanes) is 1. The minimum atomic E-state index is -0.0442. The van der Waals surface area contributed by atoms with Crippen molar-refractivity contribution < 1.29 is 4.79 Å². The topological polar surface area (TPSA) is 29.1 Å². The molecule has 108 valence electrons. The highest BCUT2D eigenvalue weighted by Crippen LogP contribution is 1.91. The molecule has 0 heterocycles. The first-order valence-electron chi connectivity index (χ1n) is 7.04. The Morgan fingerprint density at radius 3 is 2.70 bits per heavy atom. The van der Waals surface area contributed by atoms with E-state index in [1.807, 2.05) is 43.4 Å². The number of nitrogens with one attached hydrogen (secondary N) is 1. The molecule has 0 aromatic rings. The lowest BCUT2D eigenvalue weighted by Crippen LogP contribution is -2.25. The van der Waals surface area contributed by atoms with Gasteiger partial charge in [0.1, 0.15) is 0 Å². The van der Waals surface area contributed by atoms with Gasteiger partial charge in [-0.15, -0.1) is 0 Å². The molecule has 0 bridgehead atoms. The molecule has 0 aliphatic carbocycles. The van der Waals surface area contributed by atoms with Crippen LogP contribution in [0.4, 0.5) is 0 Å². The second-order valence-electron chi connectivity index (χ2n) is 4.67. The molecule has 0 radical (unpaired) electrons. The number of amides is 1. The largest absolute Gasteiger partial charge is 0.352 e. The third kappa shape index (κ3) is 14.1. The number of hydrogen-bond acceptors (Lipinski definition) is 1. The molecule has 0 fully saturated rings. The van der Waals surface area contributed by atoms with Gasteiger partial charge in [0.25, 0.3) is 0 Å². The van der Waals surface area contributed by atoms with Crippen LogP contribution in [0.25, 0.3) is 0 Å². The molecule has 20 heavy (non-hydrogen) atoms. The fraction of sp³-hybridized carbons (Fsp3) is 0.389. The highest BCUT2D eigenvalue weighted by Gasteiger charge is 1.95. The van der Waals surface area contributed by atoms with Gasteiger partial charge in [-0.1, -0.05) is 62.1 Å². The summed E-state index contributed by atoms with van der Waals surface area (Å²) in [6, 6.07) is 0. The molecule has 2 heteroatoms. The summed E-state index contributed by atoms with van der Waals surface area (Å²) in [5.41, 5.74) is 0. The molecule has 0 rings (SSSR count). The SMILES string of the molecule is C/C=C\C=C\C#CCC/C=C/C=C/C(=O)NCC(C)C. The van der Waals surface area contributed by atoms with E-state index in [1.165, 1.54) is 0 Å². The third-order valence-corrected chi connectivity index (χ3v) is 2.20. The van der Waals surface area contributed by atoms with Crippen LogP contribution in [0.3, 0.4) is 0 Å². The summed E-state index contributed by atoms with van der Waals surface area (Å²) >= 11 is 0. The van der Waals surface area contributed by atoms with Gasteiger partial charge >= 0.3 is 0 Å². The van der Waals surface area contributed by atoms with Crippen molar-refractivity contribution in [2.75, 3.05) is 6.54 Å². The zero-order valence-electron chi connectivity index (χ0n) is 12.7. The molecule has 2 nitrogen and oxygen atoms in total. The first kappa shape index (κ1) is 18.0. The van der Waals surface area contributed by atoms with E-state index in [4.69, 9.17) is 0 Å². The summed E-state index contributed by atoms with van der Waals surface area (Å²) in [5.74, 6) is 6.44. The van der Waals surface area contributed by atoms with Crippen molar-refractivity contribution in [2.45, 2.75) is 33.6 Å². The van der Waals surface area contributed by atoms with Gasteiger partial charge in [0.2, 0.25) is 5.91 Å². The Bertz CT molecular complexity index is 428. The Morgan fingerprint density at radius 1 is 1.20 bits per heavy atom. The van der Waals surface area contributed by atoms with Crippen LogP contribution in [0.2, 0.25) is 0 Å². The molecule has 0 aliphatic rings. The number of carbonyl (C=O) groups excluding carboxylic acids is 1. The molecular formula is C18H25NO. The lowest BCUT2D eigenvalue weighted by atomic mass is 10.2. The minimum absolute atomic E-state index is 0.0442. The Labute approximate surface area is 123 Å². The Morgan fingerprint density at radius 2 is 2.00 bits per heavy atom. The van der Waals surface area contributed by atoms with Crippen LogP contribution in [0.15, 0.2) is 48.6 Å². The smallest absolute Gasteiger partial charge is 0.243 e. The molecule has 0 unspecified atom stereocenters. The van der Waals surface area contributed by atoms with Crippen molar-refractivity contribution in [1.82, 2.24) is 5.32 Å². The second kappa shape index (κ2) is 13.4. The van der Waals surface area contributed by atoms with Crippen molar-refractivity contribution in [3.05, 3.63) is 48.6 Å². The molecule has 0 atom stereocenters. The molecule has 0 saturated carbocycles. The van der Waals surface area contributed by atoms with Crippen molar-refractivity contribution >= 4 is 5.91 Å². The number of allylic oxidation sites excluding steroid dienone is 7. The lowest BCUT2D eigenvalue weighted by molar-refractivity contribution is -0.116. The molecule has 0 saturated heterocycles. The molecule has 0 aromatic heterocycles. The van der Waals surface area contributed by atoms with E-state index in [0.717, 1.165) is 12.8 Å². The molecule has 0 aromatic carbocycles. The zero-order chi connectivity index (χ0) is 15.1. The molecular weight excluding hydrogens is 246 g/mol. The predicted octanol–water partition coefficient (Wildman–Crippen LogP) is 3.79. The van der Waals surface area contributed by atoms with Crippen LogP contribution in [0.5, 0.6) is 0 Å². The van der Waals surface area contributed by atoms with Crippen LogP contribution in [0, 0.1) is 17.8 Å². The van der Waals surface area contributed by atoms with Gasteiger partial charge in [0, 0.05) is 19.0 Å². The Kier molecular flexibility index (Phi) is 12.1. The normalized spacial score (nSPS) is 11.8. The van der Waals surface area contributed by atoms with Crippen LogP contribution in [-0.2, 0) is 4.79 Å². The highest BCUT2D eigenvalue weighted by molar-refractivity contribution is 5.87. The third-order valence-electron chi connectivity index (χ3n) is 2.20. The Balaban J connectivity index is 3.73. The maximum atomic E-state index is 11.3. The van der Waals surface area contributed by atoms with Gasteiger partial charge in [-0.25, -0.2) is 0 Å². The quantitative estimate of drug-likeness (QED) is 0.324. The van der Waals surface area contributed by atoms with Crippen molar-refractivity contribution in [3.8, 4) is 11.8 Å². The maximum absolute atomic E-state index is 11.3. The van der Waals surface area contributed by atoms with Gasteiger partial charge < -0.3 is 5.32 Å². The molecule has 1 N–H and O–H groups in total. The molecule has 1 amide bonds. The molecule has 0 aliphatic heterocycles. The van der Waals surface area contributed by atoms with Crippen LogP contribution in [0.1, 0.15) is 33.6 Å².